The van der Waals surface area contributed by atoms with Crippen LogP contribution in [-0.2, 0) is 13.0 Å². The molecule has 0 amide bonds. The number of nitrogens with zero attached hydrogens (tertiary/aromatic N) is 5. The number of piperidine rings is 1. The maximum absolute atomic E-state index is 5.21. The Morgan fingerprint density at radius 3 is 3.08 bits per heavy atom. The highest BCUT2D eigenvalue weighted by molar-refractivity contribution is 5.88. The lowest BCUT2D eigenvalue weighted by Gasteiger charge is -2.32. The number of benzene rings is 1. The third-order valence-corrected chi connectivity index (χ3v) is 4.57. The zero-order valence-electron chi connectivity index (χ0n) is 14.4. The van der Waals surface area contributed by atoms with Crippen LogP contribution in [0.15, 0.2) is 35.1 Å². The van der Waals surface area contributed by atoms with Crippen LogP contribution < -0.4 is 5.32 Å². The Morgan fingerprint density at radius 1 is 1.28 bits per heavy atom. The lowest BCUT2D eigenvalue weighted by Crippen LogP contribution is -2.42. The number of aryl methyl sites for hydroxylation is 1. The largest absolute Gasteiger partial charge is 0.365 e. The monoisotopic (exact) mass is 338 g/mol. The summed E-state index contributed by atoms with van der Waals surface area (Å²) in [5.74, 6) is 2.38. The van der Waals surface area contributed by atoms with Crippen molar-refractivity contribution in [3.05, 3.63) is 42.3 Å². The molecule has 2 aromatic heterocycles. The fourth-order valence-corrected chi connectivity index (χ4v) is 3.33. The molecule has 3 heterocycles. The van der Waals surface area contributed by atoms with E-state index in [2.05, 4.69) is 36.4 Å². The van der Waals surface area contributed by atoms with Crippen LogP contribution in [-0.4, -0.2) is 44.1 Å². The number of fused-ring (bicyclic) bond motifs is 1. The molecular formula is C18H22N6O. The zero-order chi connectivity index (χ0) is 17.1. The van der Waals surface area contributed by atoms with Gasteiger partial charge in [0.05, 0.1) is 12.1 Å². The first kappa shape index (κ1) is 16.0. The van der Waals surface area contributed by atoms with Crippen LogP contribution in [0.25, 0.3) is 10.9 Å². The van der Waals surface area contributed by atoms with Gasteiger partial charge in [0.1, 0.15) is 12.1 Å². The Hall–Kier alpha value is -2.54. The second kappa shape index (κ2) is 7.14. The SMILES string of the molecule is CCc1nc(CN2CCCC(Nc3ncnc4ccccc34)C2)no1. The van der Waals surface area contributed by atoms with Gasteiger partial charge in [-0.2, -0.15) is 4.98 Å². The van der Waals surface area contributed by atoms with E-state index in [4.69, 9.17) is 4.52 Å². The van der Waals surface area contributed by atoms with Crippen LogP contribution in [0, 0.1) is 0 Å². The molecule has 1 N–H and O–H groups in total. The molecule has 1 aromatic carbocycles. The number of aromatic nitrogens is 4. The van der Waals surface area contributed by atoms with E-state index in [0.29, 0.717) is 11.9 Å². The van der Waals surface area contributed by atoms with Gasteiger partial charge in [-0.05, 0) is 31.5 Å². The fraction of sp³-hybridized carbons (Fsp3) is 0.444. The maximum Gasteiger partial charge on any atom is 0.226 e. The third-order valence-electron chi connectivity index (χ3n) is 4.57. The summed E-state index contributed by atoms with van der Waals surface area (Å²) in [6.45, 7) is 4.74. The average molecular weight is 338 g/mol. The summed E-state index contributed by atoms with van der Waals surface area (Å²) in [7, 11) is 0. The lowest BCUT2D eigenvalue weighted by molar-refractivity contribution is 0.201. The Labute approximate surface area is 146 Å². The van der Waals surface area contributed by atoms with E-state index >= 15 is 0 Å². The maximum atomic E-state index is 5.21. The minimum Gasteiger partial charge on any atom is -0.365 e. The van der Waals surface area contributed by atoms with Gasteiger partial charge < -0.3 is 9.84 Å². The molecule has 0 radical (unpaired) electrons. The van der Waals surface area contributed by atoms with Gasteiger partial charge in [0.25, 0.3) is 0 Å². The Balaban J connectivity index is 1.44. The molecule has 1 aliphatic rings. The highest BCUT2D eigenvalue weighted by Gasteiger charge is 2.22. The predicted octanol–water partition coefficient (Wildman–Crippen LogP) is 2.65. The second-order valence-corrected chi connectivity index (χ2v) is 6.42. The summed E-state index contributed by atoms with van der Waals surface area (Å²) in [5, 5.41) is 8.72. The first-order valence-corrected chi connectivity index (χ1v) is 8.82. The van der Waals surface area contributed by atoms with Crippen LogP contribution in [0.5, 0.6) is 0 Å². The van der Waals surface area contributed by atoms with E-state index in [-0.39, 0.29) is 0 Å². The normalized spacial score (nSPS) is 18.5. The first-order chi connectivity index (χ1) is 12.3. The van der Waals surface area contributed by atoms with Crippen molar-refractivity contribution in [2.45, 2.75) is 38.8 Å². The fourth-order valence-electron chi connectivity index (χ4n) is 3.33. The number of anilines is 1. The van der Waals surface area contributed by atoms with Crippen molar-refractivity contribution < 1.29 is 4.52 Å². The standard InChI is InChI=1S/C18H22N6O/c1-2-17-22-16(23-25-17)11-24-9-5-6-13(10-24)21-18-14-7-3-4-8-15(14)19-12-20-18/h3-4,7-8,12-13H,2,5-6,9-11H2,1H3,(H,19,20,21). The number of hydrogen-bond acceptors (Lipinski definition) is 7. The summed E-state index contributed by atoms with van der Waals surface area (Å²) in [5.41, 5.74) is 0.964. The van der Waals surface area contributed by atoms with Gasteiger partial charge in [-0.15, -0.1) is 0 Å². The molecule has 7 nitrogen and oxygen atoms in total. The van der Waals surface area contributed by atoms with Crippen molar-refractivity contribution >= 4 is 16.7 Å². The lowest BCUT2D eigenvalue weighted by atomic mass is 10.1. The first-order valence-electron chi connectivity index (χ1n) is 8.82. The molecule has 4 rings (SSSR count). The Morgan fingerprint density at radius 2 is 2.20 bits per heavy atom. The van der Waals surface area contributed by atoms with Crippen LogP contribution in [0.3, 0.4) is 0 Å². The Kier molecular flexibility index (Phi) is 4.56. The summed E-state index contributed by atoms with van der Waals surface area (Å²) in [6.07, 6.45) is 4.66. The summed E-state index contributed by atoms with van der Waals surface area (Å²) in [4.78, 5) is 15.6. The van der Waals surface area contributed by atoms with Gasteiger partial charge in [0.2, 0.25) is 5.89 Å². The van der Waals surface area contributed by atoms with Crippen molar-refractivity contribution in [1.82, 2.24) is 25.0 Å². The van der Waals surface area contributed by atoms with Crippen LogP contribution in [0.2, 0.25) is 0 Å². The third kappa shape index (κ3) is 3.61. The van der Waals surface area contributed by atoms with Crippen molar-refractivity contribution in [2.24, 2.45) is 0 Å². The van der Waals surface area contributed by atoms with Gasteiger partial charge >= 0.3 is 0 Å². The van der Waals surface area contributed by atoms with Gasteiger partial charge in [0.15, 0.2) is 5.82 Å². The van der Waals surface area contributed by atoms with Crippen LogP contribution in [0.4, 0.5) is 5.82 Å². The molecule has 1 saturated heterocycles. The van der Waals surface area contributed by atoms with Crippen LogP contribution >= 0.6 is 0 Å². The molecule has 0 saturated carbocycles. The van der Waals surface area contributed by atoms with E-state index in [1.807, 2.05) is 25.1 Å². The molecule has 130 valence electrons. The molecular weight excluding hydrogens is 316 g/mol. The molecule has 1 unspecified atom stereocenters. The summed E-state index contributed by atoms with van der Waals surface area (Å²) in [6, 6.07) is 8.44. The van der Waals surface area contributed by atoms with Gasteiger partial charge in [-0.25, -0.2) is 9.97 Å². The van der Waals surface area contributed by atoms with Crippen molar-refractivity contribution in [3.63, 3.8) is 0 Å². The number of hydrogen-bond donors (Lipinski definition) is 1. The average Bonchev–Trinajstić information content (AvgIpc) is 3.10. The van der Waals surface area contributed by atoms with E-state index in [9.17, 15) is 0 Å². The highest BCUT2D eigenvalue weighted by atomic mass is 16.5. The molecule has 1 fully saturated rings. The Bertz CT molecular complexity index is 843. The minimum atomic E-state index is 0.351. The van der Waals surface area contributed by atoms with Gasteiger partial charge in [-0.3, -0.25) is 4.90 Å². The number of rotatable bonds is 5. The molecule has 0 bridgehead atoms. The van der Waals surface area contributed by atoms with Gasteiger partial charge in [-0.1, -0.05) is 24.2 Å². The molecule has 3 aromatic rings. The molecule has 1 aliphatic heterocycles. The number of nitrogens with one attached hydrogen (secondary N) is 1. The number of para-hydroxylation sites is 1. The molecule has 25 heavy (non-hydrogen) atoms. The summed E-state index contributed by atoms with van der Waals surface area (Å²) >= 11 is 0. The minimum absolute atomic E-state index is 0.351. The molecule has 1 atom stereocenters. The molecule has 0 aliphatic carbocycles. The van der Waals surface area contributed by atoms with Gasteiger partial charge in [0, 0.05) is 24.4 Å². The van der Waals surface area contributed by atoms with Crippen LogP contribution in [0.1, 0.15) is 31.5 Å². The zero-order valence-corrected chi connectivity index (χ0v) is 14.4. The van der Waals surface area contributed by atoms with Crippen molar-refractivity contribution in [3.8, 4) is 0 Å². The predicted molar refractivity (Wildman–Crippen MR) is 95.1 cm³/mol. The van der Waals surface area contributed by atoms with E-state index in [0.717, 1.165) is 61.4 Å². The van der Waals surface area contributed by atoms with Crippen molar-refractivity contribution in [2.75, 3.05) is 18.4 Å². The highest BCUT2D eigenvalue weighted by Crippen LogP contribution is 2.22. The van der Waals surface area contributed by atoms with E-state index in [1.165, 1.54) is 0 Å². The van der Waals surface area contributed by atoms with E-state index in [1.54, 1.807) is 6.33 Å². The van der Waals surface area contributed by atoms with E-state index < -0.39 is 0 Å². The van der Waals surface area contributed by atoms with Crippen molar-refractivity contribution in [1.29, 1.82) is 0 Å². The number of likely N-dealkylation sites (tertiary alicyclic amines) is 1. The molecule has 0 spiro atoms. The quantitative estimate of drug-likeness (QED) is 0.766. The smallest absolute Gasteiger partial charge is 0.226 e. The second-order valence-electron chi connectivity index (χ2n) is 6.42. The molecule has 7 heteroatoms. The summed E-state index contributed by atoms with van der Waals surface area (Å²) < 4.78 is 5.21. The topological polar surface area (TPSA) is 80.0 Å².